The van der Waals surface area contributed by atoms with Gasteiger partial charge in [-0.25, -0.2) is 4.79 Å². The smallest absolute Gasteiger partial charge is 0.326 e. The summed E-state index contributed by atoms with van der Waals surface area (Å²) in [6.45, 7) is 6.01. The lowest BCUT2D eigenvalue weighted by atomic mass is 10.1. The molecule has 0 aliphatic carbocycles. The maximum absolute atomic E-state index is 11.8. The van der Waals surface area contributed by atoms with Gasteiger partial charge >= 0.3 is 6.03 Å². The first kappa shape index (κ1) is 14.1. The molecule has 7 heteroatoms. The second-order valence-corrected chi connectivity index (χ2v) is 5.14. The van der Waals surface area contributed by atoms with Crippen LogP contribution in [0.5, 0.6) is 0 Å². The monoisotopic (exact) mass is 277 g/mol. The molecule has 2 aromatic rings. The number of hydrogen-bond donors (Lipinski definition) is 2. The molecule has 2 rings (SSSR count). The summed E-state index contributed by atoms with van der Waals surface area (Å²) in [5.74, 6) is 2.17. The van der Waals surface area contributed by atoms with Crippen molar-refractivity contribution in [2.75, 3.05) is 10.6 Å². The van der Waals surface area contributed by atoms with E-state index in [1.54, 1.807) is 24.7 Å². The van der Waals surface area contributed by atoms with Crippen molar-refractivity contribution in [3.8, 4) is 0 Å². The maximum Gasteiger partial charge on any atom is 0.326 e. The van der Waals surface area contributed by atoms with Crippen LogP contribution in [0, 0.1) is 12.8 Å². The number of nitrogens with one attached hydrogen (secondary N) is 2. The number of anilines is 2. The highest BCUT2D eigenvalue weighted by Gasteiger charge is 2.11. The molecule has 0 saturated heterocycles. The lowest BCUT2D eigenvalue weighted by molar-refractivity contribution is 0.261. The van der Waals surface area contributed by atoms with Crippen molar-refractivity contribution < 1.29 is 9.32 Å². The van der Waals surface area contributed by atoms with E-state index in [0.717, 1.165) is 12.1 Å². The minimum Gasteiger partial charge on any atom is -0.360 e. The van der Waals surface area contributed by atoms with Gasteiger partial charge in [-0.2, -0.15) is 5.10 Å². The molecule has 0 saturated carbocycles. The largest absolute Gasteiger partial charge is 0.360 e. The fourth-order valence-electron chi connectivity index (χ4n) is 1.85. The van der Waals surface area contributed by atoms with Gasteiger partial charge in [-0.3, -0.25) is 15.3 Å². The van der Waals surface area contributed by atoms with E-state index in [1.165, 1.54) is 0 Å². The fourth-order valence-corrected chi connectivity index (χ4v) is 1.85. The van der Waals surface area contributed by atoms with Crippen molar-refractivity contribution in [1.29, 1.82) is 0 Å². The normalized spacial score (nSPS) is 10.8. The lowest BCUT2D eigenvalue weighted by Gasteiger charge is -2.04. The summed E-state index contributed by atoms with van der Waals surface area (Å²) in [4.78, 5) is 11.8. The van der Waals surface area contributed by atoms with Crippen LogP contribution in [0.25, 0.3) is 0 Å². The van der Waals surface area contributed by atoms with E-state index in [2.05, 4.69) is 34.7 Å². The second kappa shape index (κ2) is 5.77. The Bertz CT molecular complexity index is 600. The Balaban J connectivity index is 1.98. The Hall–Kier alpha value is -2.31. The zero-order chi connectivity index (χ0) is 14.7. The topological polar surface area (TPSA) is 85.0 Å². The quantitative estimate of drug-likeness (QED) is 0.899. The number of aromatic nitrogens is 3. The van der Waals surface area contributed by atoms with Gasteiger partial charge in [0.25, 0.3) is 0 Å². The Kier molecular flexibility index (Phi) is 4.07. The Labute approximate surface area is 117 Å². The van der Waals surface area contributed by atoms with Gasteiger partial charge in [0.05, 0.1) is 5.69 Å². The third kappa shape index (κ3) is 3.59. The van der Waals surface area contributed by atoms with Gasteiger partial charge in [0.2, 0.25) is 0 Å². The maximum atomic E-state index is 11.8. The summed E-state index contributed by atoms with van der Waals surface area (Å²) < 4.78 is 6.52. The minimum atomic E-state index is -0.377. The Morgan fingerprint density at radius 2 is 2.15 bits per heavy atom. The third-order valence-electron chi connectivity index (χ3n) is 2.66. The molecule has 7 nitrogen and oxygen atoms in total. The number of rotatable bonds is 4. The van der Waals surface area contributed by atoms with Crippen LogP contribution in [-0.4, -0.2) is 21.0 Å². The molecule has 0 radical (unpaired) electrons. The molecule has 0 spiro atoms. The van der Waals surface area contributed by atoms with Crippen molar-refractivity contribution in [2.45, 2.75) is 27.2 Å². The molecule has 0 atom stereocenters. The van der Waals surface area contributed by atoms with E-state index < -0.39 is 0 Å². The summed E-state index contributed by atoms with van der Waals surface area (Å²) in [5.41, 5.74) is 0.954. The standard InChI is InChI=1S/C13H19N5O2/c1-8(2)5-10-7-12(18(4)16-10)15-13(19)14-11-6-9(3)20-17-11/h6-8H,5H2,1-4H3,(H2,14,15,17,19). The van der Waals surface area contributed by atoms with Gasteiger partial charge < -0.3 is 4.52 Å². The van der Waals surface area contributed by atoms with Gasteiger partial charge in [0, 0.05) is 19.2 Å². The summed E-state index contributed by atoms with van der Waals surface area (Å²) >= 11 is 0. The highest BCUT2D eigenvalue weighted by Crippen LogP contribution is 2.14. The van der Waals surface area contributed by atoms with Crippen molar-refractivity contribution in [2.24, 2.45) is 13.0 Å². The zero-order valence-corrected chi connectivity index (χ0v) is 12.1. The van der Waals surface area contributed by atoms with Crippen LogP contribution in [0.4, 0.5) is 16.4 Å². The molecule has 0 bridgehead atoms. The van der Waals surface area contributed by atoms with Gasteiger partial charge in [0.1, 0.15) is 11.6 Å². The average Bonchev–Trinajstić information content (AvgIpc) is 2.85. The van der Waals surface area contributed by atoms with Crippen LogP contribution in [0.1, 0.15) is 25.3 Å². The number of nitrogens with zero attached hydrogens (tertiary/aromatic N) is 3. The van der Waals surface area contributed by atoms with E-state index in [0.29, 0.717) is 23.3 Å². The predicted octanol–water partition coefficient (Wildman–Crippen LogP) is 2.56. The SMILES string of the molecule is Cc1cc(NC(=O)Nc2cc(CC(C)C)nn2C)no1. The summed E-state index contributed by atoms with van der Waals surface area (Å²) in [7, 11) is 1.79. The molecule has 0 aliphatic rings. The summed E-state index contributed by atoms with van der Waals surface area (Å²) in [6, 6.07) is 3.14. The van der Waals surface area contributed by atoms with Crippen LogP contribution in [-0.2, 0) is 13.5 Å². The Morgan fingerprint density at radius 3 is 2.75 bits per heavy atom. The molecule has 108 valence electrons. The number of hydrogen-bond acceptors (Lipinski definition) is 4. The number of amides is 2. The van der Waals surface area contributed by atoms with E-state index in [4.69, 9.17) is 4.52 Å². The number of carbonyl (C=O) groups is 1. The molecule has 0 unspecified atom stereocenters. The molecule has 2 amide bonds. The van der Waals surface area contributed by atoms with Crippen LogP contribution in [0.3, 0.4) is 0 Å². The minimum absolute atomic E-state index is 0.377. The fraction of sp³-hybridized carbons (Fsp3) is 0.462. The molecule has 2 N–H and O–H groups in total. The van der Waals surface area contributed by atoms with Gasteiger partial charge in [0.15, 0.2) is 5.82 Å². The highest BCUT2D eigenvalue weighted by molar-refractivity contribution is 5.98. The van der Waals surface area contributed by atoms with Gasteiger partial charge in [-0.1, -0.05) is 19.0 Å². The molecule has 0 fully saturated rings. The predicted molar refractivity (Wildman–Crippen MR) is 75.6 cm³/mol. The molecule has 2 heterocycles. The van der Waals surface area contributed by atoms with Crippen molar-refractivity contribution in [3.05, 3.63) is 23.6 Å². The van der Waals surface area contributed by atoms with Crippen LogP contribution in [0.15, 0.2) is 16.7 Å². The van der Waals surface area contributed by atoms with E-state index in [-0.39, 0.29) is 6.03 Å². The first-order valence-corrected chi connectivity index (χ1v) is 6.48. The zero-order valence-electron chi connectivity index (χ0n) is 12.1. The van der Waals surface area contributed by atoms with E-state index in [1.807, 2.05) is 6.07 Å². The molecule has 0 aromatic carbocycles. The van der Waals surface area contributed by atoms with E-state index >= 15 is 0 Å². The second-order valence-electron chi connectivity index (χ2n) is 5.14. The van der Waals surface area contributed by atoms with Crippen LogP contribution >= 0.6 is 0 Å². The molecule has 20 heavy (non-hydrogen) atoms. The first-order valence-electron chi connectivity index (χ1n) is 6.48. The molecule has 2 aromatic heterocycles. The molecule has 0 aliphatic heterocycles. The molecular formula is C13H19N5O2. The van der Waals surface area contributed by atoms with Crippen molar-refractivity contribution in [1.82, 2.24) is 14.9 Å². The average molecular weight is 277 g/mol. The summed E-state index contributed by atoms with van der Waals surface area (Å²) in [5, 5.41) is 13.4. The number of carbonyl (C=O) groups excluding carboxylic acids is 1. The first-order chi connectivity index (χ1) is 9.44. The van der Waals surface area contributed by atoms with E-state index in [9.17, 15) is 4.79 Å². The third-order valence-corrected chi connectivity index (χ3v) is 2.66. The molecular weight excluding hydrogens is 258 g/mol. The Morgan fingerprint density at radius 1 is 1.40 bits per heavy atom. The van der Waals surface area contributed by atoms with Crippen molar-refractivity contribution >= 4 is 17.7 Å². The summed E-state index contributed by atoms with van der Waals surface area (Å²) in [6.07, 6.45) is 0.875. The highest BCUT2D eigenvalue weighted by atomic mass is 16.5. The van der Waals surface area contributed by atoms with Crippen LogP contribution < -0.4 is 10.6 Å². The van der Waals surface area contributed by atoms with Gasteiger partial charge in [-0.15, -0.1) is 0 Å². The number of urea groups is 1. The van der Waals surface area contributed by atoms with Crippen LogP contribution in [0.2, 0.25) is 0 Å². The number of aryl methyl sites for hydroxylation is 2. The van der Waals surface area contributed by atoms with Crippen molar-refractivity contribution in [3.63, 3.8) is 0 Å². The van der Waals surface area contributed by atoms with Gasteiger partial charge in [-0.05, 0) is 19.3 Å². The lowest BCUT2D eigenvalue weighted by Crippen LogP contribution is -2.21.